The molecule has 4 saturated carbocycles. The molecular weight excluding hydrogens is 376 g/mol. The van der Waals surface area contributed by atoms with Crippen molar-refractivity contribution in [1.29, 1.82) is 0 Å². The summed E-state index contributed by atoms with van der Waals surface area (Å²) >= 11 is 0. The van der Waals surface area contributed by atoms with Crippen molar-refractivity contribution in [1.82, 2.24) is 0 Å². The van der Waals surface area contributed by atoms with Gasteiger partial charge in [0.15, 0.2) is 0 Å². The Morgan fingerprint density at radius 3 is 2.23 bits per heavy atom. The van der Waals surface area contributed by atoms with Gasteiger partial charge in [-0.15, -0.1) is 0 Å². The van der Waals surface area contributed by atoms with E-state index in [4.69, 9.17) is 0 Å². The van der Waals surface area contributed by atoms with E-state index in [2.05, 4.69) is 61.5 Å². The van der Waals surface area contributed by atoms with E-state index in [1.165, 1.54) is 51.4 Å². The zero-order valence-corrected chi connectivity index (χ0v) is 21.9. The van der Waals surface area contributed by atoms with Crippen LogP contribution in [0.15, 0.2) is 11.6 Å². The number of aliphatic hydroxyl groups is 1. The summed E-state index contributed by atoms with van der Waals surface area (Å²) in [5, 5.41) is 10.9. The van der Waals surface area contributed by atoms with Crippen molar-refractivity contribution in [2.45, 2.75) is 119 Å². The molecule has 4 fully saturated rings. The van der Waals surface area contributed by atoms with Gasteiger partial charge in [0, 0.05) is 0 Å². The summed E-state index contributed by atoms with van der Waals surface area (Å²) < 4.78 is 0. The van der Waals surface area contributed by atoms with Gasteiger partial charge in [-0.1, -0.05) is 67.0 Å². The Morgan fingerprint density at radius 2 is 1.52 bits per heavy atom. The number of hydrogen-bond acceptors (Lipinski definition) is 1. The van der Waals surface area contributed by atoms with Crippen LogP contribution < -0.4 is 0 Å². The van der Waals surface area contributed by atoms with Crippen LogP contribution in [0.1, 0.15) is 113 Å². The molecule has 0 saturated heterocycles. The van der Waals surface area contributed by atoms with Gasteiger partial charge in [0.2, 0.25) is 0 Å². The molecular formula is C30H50O. The molecule has 0 radical (unpaired) electrons. The lowest BCUT2D eigenvalue weighted by molar-refractivity contribution is -0.203. The van der Waals surface area contributed by atoms with Crippen LogP contribution in [-0.2, 0) is 0 Å². The van der Waals surface area contributed by atoms with E-state index < -0.39 is 0 Å². The Balaban J connectivity index is 1.59. The molecule has 0 aromatic rings. The molecule has 0 unspecified atom stereocenters. The highest BCUT2D eigenvalue weighted by molar-refractivity contribution is 5.33. The highest BCUT2D eigenvalue weighted by Crippen LogP contribution is 2.75. The average Bonchev–Trinajstić information content (AvgIpc) is 2.69. The molecule has 0 aromatic carbocycles. The quantitative estimate of drug-likeness (QED) is 0.389. The summed E-state index contributed by atoms with van der Waals surface area (Å²) in [5.74, 6) is 3.90. The first-order valence-electron chi connectivity index (χ1n) is 13.7. The molecule has 0 aliphatic heterocycles. The van der Waals surface area contributed by atoms with Crippen molar-refractivity contribution in [3.8, 4) is 0 Å². The minimum Gasteiger partial charge on any atom is -0.393 e. The molecule has 5 aliphatic carbocycles. The van der Waals surface area contributed by atoms with E-state index >= 15 is 0 Å². The molecule has 1 nitrogen and oxygen atoms in total. The van der Waals surface area contributed by atoms with E-state index in [0.717, 1.165) is 30.1 Å². The first-order valence-corrected chi connectivity index (χ1v) is 13.7. The molecule has 0 heterocycles. The first-order chi connectivity index (χ1) is 14.3. The number of allylic oxidation sites excluding steroid dienone is 2. The van der Waals surface area contributed by atoms with Crippen LogP contribution in [0.3, 0.4) is 0 Å². The van der Waals surface area contributed by atoms with Gasteiger partial charge < -0.3 is 5.11 Å². The molecule has 5 rings (SSSR count). The maximum atomic E-state index is 10.9. The van der Waals surface area contributed by atoms with Crippen molar-refractivity contribution < 1.29 is 5.11 Å². The van der Waals surface area contributed by atoms with Crippen LogP contribution in [0.5, 0.6) is 0 Å². The second kappa shape index (κ2) is 6.64. The molecule has 0 aromatic heterocycles. The average molecular weight is 427 g/mol. The predicted molar refractivity (Wildman–Crippen MR) is 131 cm³/mol. The SMILES string of the molecule is C[C@@H]1[C@H](C)CC[C@@]2(C)CC[C@]3(C)C(=CC[C@H]4[C@@]5(C)CC[C@H](O)C(C)(C)[C@@H]5CC[C@@]43C)[C@H]12. The van der Waals surface area contributed by atoms with Crippen LogP contribution in [0, 0.1) is 56.7 Å². The third-order valence-corrected chi connectivity index (χ3v) is 13.4. The van der Waals surface area contributed by atoms with Crippen molar-refractivity contribution in [3.05, 3.63) is 11.6 Å². The summed E-state index contributed by atoms with van der Waals surface area (Å²) in [4.78, 5) is 0. The standard InChI is InChI=1S/C30H50O/c1-19-11-14-27(5)17-18-29(7)21(25(27)20(19)2)9-10-23-28(6)15-13-24(31)26(3,4)22(28)12-16-30(23,29)8/h9,19-20,22-25,31H,10-18H2,1-8H3/t19-,20-,22+,23+,24+,25+,27+,28+,29-,30+/m1/s1. The molecule has 0 amide bonds. The van der Waals surface area contributed by atoms with Crippen LogP contribution >= 0.6 is 0 Å². The van der Waals surface area contributed by atoms with Crippen LogP contribution in [-0.4, -0.2) is 11.2 Å². The van der Waals surface area contributed by atoms with Gasteiger partial charge in [-0.2, -0.15) is 0 Å². The third kappa shape index (κ3) is 2.65. The molecule has 10 atom stereocenters. The van der Waals surface area contributed by atoms with E-state index in [0.29, 0.717) is 27.6 Å². The zero-order valence-electron chi connectivity index (χ0n) is 21.9. The molecule has 1 N–H and O–H groups in total. The summed E-state index contributed by atoms with van der Waals surface area (Å²) in [6, 6.07) is 0. The van der Waals surface area contributed by atoms with Crippen molar-refractivity contribution in [2.75, 3.05) is 0 Å². The largest absolute Gasteiger partial charge is 0.393 e. The fourth-order valence-electron chi connectivity index (χ4n) is 10.8. The molecule has 176 valence electrons. The summed E-state index contributed by atoms with van der Waals surface area (Å²) in [6.07, 6.45) is 14.5. The maximum Gasteiger partial charge on any atom is 0.0594 e. The fourth-order valence-corrected chi connectivity index (χ4v) is 10.8. The Bertz CT molecular complexity index is 779. The van der Waals surface area contributed by atoms with Gasteiger partial charge in [0.05, 0.1) is 6.10 Å². The topological polar surface area (TPSA) is 20.2 Å². The number of rotatable bonds is 0. The minimum atomic E-state index is -0.125. The van der Waals surface area contributed by atoms with Gasteiger partial charge in [-0.25, -0.2) is 0 Å². The molecule has 0 bridgehead atoms. The Kier molecular flexibility index (Phi) is 4.82. The molecule has 5 aliphatic rings. The number of fused-ring (bicyclic) bond motifs is 7. The van der Waals surface area contributed by atoms with Gasteiger partial charge in [0.25, 0.3) is 0 Å². The zero-order chi connectivity index (χ0) is 22.6. The van der Waals surface area contributed by atoms with Gasteiger partial charge >= 0.3 is 0 Å². The van der Waals surface area contributed by atoms with Gasteiger partial charge in [0.1, 0.15) is 0 Å². The summed E-state index contributed by atoms with van der Waals surface area (Å²) in [6.45, 7) is 20.5. The van der Waals surface area contributed by atoms with Crippen molar-refractivity contribution in [3.63, 3.8) is 0 Å². The second-order valence-corrected chi connectivity index (χ2v) is 14.7. The Labute approximate surface area is 192 Å². The van der Waals surface area contributed by atoms with E-state index in [1.807, 2.05) is 5.57 Å². The van der Waals surface area contributed by atoms with Gasteiger partial charge in [-0.05, 0) is 114 Å². The van der Waals surface area contributed by atoms with E-state index in [9.17, 15) is 5.11 Å². The Hall–Kier alpha value is -0.300. The first kappa shape index (κ1) is 22.5. The monoisotopic (exact) mass is 426 g/mol. The van der Waals surface area contributed by atoms with Crippen molar-refractivity contribution in [2.24, 2.45) is 56.7 Å². The predicted octanol–water partition coefficient (Wildman–Crippen LogP) is 8.02. The lowest BCUT2D eigenvalue weighted by Gasteiger charge is -2.71. The summed E-state index contributed by atoms with van der Waals surface area (Å²) in [7, 11) is 0. The highest BCUT2D eigenvalue weighted by atomic mass is 16.3. The molecule has 0 spiro atoms. The molecule has 31 heavy (non-hydrogen) atoms. The number of hydrogen-bond donors (Lipinski definition) is 1. The van der Waals surface area contributed by atoms with Crippen LogP contribution in [0.4, 0.5) is 0 Å². The Morgan fingerprint density at radius 1 is 0.806 bits per heavy atom. The van der Waals surface area contributed by atoms with E-state index in [-0.39, 0.29) is 11.5 Å². The minimum absolute atomic E-state index is 0.0533. The fraction of sp³-hybridized carbons (Fsp3) is 0.933. The normalized spacial score (nSPS) is 58.3. The molecule has 1 heteroatoms. The maximum absolute atomic E-state index is 10.9. The number of aliphatic hydroxyl groups excluding tert-OH is 1. The van der Waals surface area contributed by atoms with E-state index in [1.54, 1.807) is 0 Å². The highest BCUT2D eigenvalue weighted by Gasteiger charge is 2.67. The van der Waals surface area contributed by atoms with Crippen LogP contribution in [0.2, 0.25) is 0 Å². The summed E-state index contributed by atoms with van der Waals surface area (Å²) in [5.41, 5.74) is 3.60. The third-order valence-electron chi connectivity index (χ3n) is 13.4. The van der Waals surface area contributed by atoms with Crippen LogP contribution in [0.25, 0.3) is 0 Å². The second-order valence-electron chi connectivity index (χ2n) is 14.7. The van der Waals surface area contributed by atoms with Gasteiger partial charge in [-0.3, -0.25) is 0 Å². The van der Waals surface area contributed by atoms with Crippen molar-refractivity contribution >= 4 is 0 Å². The smallest absolute Gasteiger partial charge is 0.0594 e. The lowest BCUT2D eigenvalue weighted by atomic mass is 9.33. The lowest BCUT2D eigenvalue weighted by Crippen LogP contribution is -2.64.